The summed E-state index contributed by atoms with van der Waals surface area (Å²) in [7, 11) is -3.16. The van der Waals surface area contributed by atoms with Gasteiger partial charge < -0.3 is 4.74 Å². The molecular weight excluding hydrogens is 407 g/mol. The minimum atomic E-state index is -4.27. The van der Waals surface area contributed by atoms with Crippen molar-refractivity contribution in [1.82, 2.24) is 0 Å². The van der Waals surface area contributed by atoms with Crippen LogP contribution in [0.25, 0.3) is 0 Å². The van der Waals surface area contributed by atoms with Gasteiger partial charge in [-0.2, -0.15) is 0 Å². The van der Waals surface area contributed by atoms with Crippen molar-refractivity contribution >= 4 is 50.6 Å². The molecule has 138 valence electrons. The molecule has 2 aromatic rings. The summed E-state index contributed by atoms with van der Waals surface area (Å²) < 4.78 is 31.2. The number of benzene rings is 2. The molecule has 8 nitrogen and oxygen atoms in total. The standard InChI is InChI=1S/C15H12Cl2N2O6S/c1-25-14(20)9-18(13-4-2-3-12(16)15(13)17)26(23,24)11-7-5-10(6-8-11)19(21)22/h2-8H,9H2,1H3. The molecule has 0 saturated heterocycles. The largest absolute Gasteiger partial charge is 0.468 e. The van der Waals surface area contributed by atoms with E-state index in [1.54, 1.807) is 0 Å². The van der Waals surface area contributed by atoms with Gasteiger partial charge in [0.2, 0.25) is 0 Å². The van der Waals surface area contributed by atoms with Crippen molar-refractivity contribution in [3.05, 3.63) is 62.6 Å². The highest BCUT2D eigenvalue weighted by molar-refractivity contribution is 7.92. The number of esters is 1. The van der Waals surface area contributed by atoms with Crippen molar-refractivity contribution in [1.29, 1.82) is 0 Å². The van der Waals surface area contributed by atoms with E-state index in [9.17, 15) is 23.3 Å². The summed E-state index contributed by atoms with van der Waals surface area (Å²) in [4.78, 5) is 21.5. The number of hydrogen-bond acceptors (Lipinski definition) is 6. The summed E-state index contributed by atoms with van der Waals surface area (Å²) >= 11 is 12.0. The van der Waals surface area contributed by atoms with Gasteiger partial charge in [-0.1, -0.05) is 29.3 Å². The second-order valence-corrected chi connectivity index (χ2v) is 7.56. The summed E-state index contributed by atoms with van der Waals surface area (Å²) in [6.45, 7) is -0.657. The number of hydrogen-bond donors (Lipinski definition) is 0. The first-order valence-electron chi connectivity index (χ1n) is 6.96. The molecule has 2 aromatic carbocycles. The number of sulfonamides is 1. The number of nitro groups is 1. The maximum Gasteiger partial charge on any atom is 0.326 e. The second kappa shape index (κ2) is 7.90. The van der Waals surface area contributed by atoms with Crippen LogP contribution < -0.4 is 4.31 Å². The third-order valence-corrected chi connectivity index (χ3v) is 5.92. The number of methoxy groups -OCH3 is 1. The summed E-state index contributed by atoms with van der Waals surface area (Å²) in [6.07, 6.45) is 0. The zero-order chi connectivity index (χ0) is 19.5. The number of nitrogens with zero attached hydrogens (tertiary/aromatic N) is 2. The van der Waals surface area contributed by atoms with Crippen molar-refractivity contribution < 1.29 is 22.9 Å². The van der Waals surface area contributed by atoms with E-state index in [1.807, 2.05) is 0 Å². The van der Waals surface area contributed by atoms with Crippen LogP contribution >= 0.6 is 23.2 Å². The van der Waals surface area contributed by atoms with Gasteiger partial charge in [0, 0.05) is 12.1 Å². The molecule has 0 amide bonds. The summed E-state index contributed by atoms with van der Waals surface area (Å²) in [6, 6.07) is 8.53. The fourth-order valence-corrected chi connectivity index (χ4v) is 3.90. The van der Waals surface area contributed by atoms with E-state index in [0.717, 1.165) is 35.7 Å². The van der Waals surface area contributed by atoms with Crippen LogP contribution in [-0.4, -0.2) is 33.0 Å². The van der Waals surface area contributed by atoms with Gasteiger partial charge >= 0.3 is 5.97 Å². The molecule has 0 bridgehead atoms. The maximum atomic E-state index is 13.0. The van der Waals surface area contributed by atoms with E-state index in [-0.39, 0.29) is 26.3 Å². The molecule has 26 heavy (non-hydrogen) atoms. The van der Waals surface area contributed by atoms with Gasteiger partial charge in [-0.3, -0.25) is 19.2 Å². The lowest BCUT2D eigenvalue weighted by atomic mass is 10.3. The number of nitro benzene ring substituents is 1. The van der Waals surface area contributed by atoms with Crippen LogP contribution in [0.5, 0.6) is 0 Å². The molecule has 0 radical (unpaired) electrons. The zero-order valence-electron chi connectivity index (χ0n) is 13.3. The molecule has 0 aliphatic carbocycles. The molecule has 0 fully saturated rings. The van der Waals surface area contributed by atoms with Crippen LogP contribution in [0.3, 0.4) is 0 Å². The molecule has 0 aromatic heterocycles. The monoisotopic (exact) mass is 418 g/mol. The molecular formula is C15H12Cl2N2O6S. The highest BCUT2D eigenvalue weighted by atomic mass is 35.5. The third-order valence-electron chi connectivity index (χ3n) is 3.34. The molecule has 0 saturated carbocycles. The van der Waals surface area contributed by atoms with Crippen LogP contribution in [0.1, 0.15) is 0 Å². The Morgan fingerprint density at radius 2 is 1.81 bits per heavy atom. The fourth-order valence-electron chi connectivity index (χ4n) is 2.03. The smallest absolute Gasteiger partial charge is 0.326 e. The van der Waals surface area contributed by atoms with Crippen LogP contribution in [-0.2, 0) is 19.6 Å². The van der Waals surface area contributed by atoms with Gasteiger partial charge in [0.1, 0.15) is 6.54 Å². The first kappa shape index (κ1) is 20.0. The van der Waals surface area contributed by atoms with Gasteiger partial charge in [-0.05, 0) is 24.3 Å². The highest BCUT2D eigenvalue weighted by Gasteiger charge is 2.30. The fraction of sp³-hybridized carbons (Fsp3) is 0.133. The van der Waals surface area contributed by atoms with E-state index in [1.165, 1.54) is 18.2 Å². The lowest BCUT2D eigenvalue weighted by Gasteiger charge is -2.24. The molecule has 0 unspecified atom stereocenters. The lowest BCUT2D eigenvalue weighted by molar-refractivity contribution is -0.384. The normalized spacial score (nSPS) is 11.0. The molecule has 0 spiro atoms. The third kappa shape index (κ3) is 4.06. The van der Waals surface area contributed by atoms with Crippen LogP contribution in [0, 0.1) is 10.1 Å². The molecule has 11 heteroatoms. The molecule has 0 heterocycles. The van der Waals surface area contributed by atoms with Crippen molar-refractivity contribution in [3.8, 4) is 0 Å². The topological polar surface area (TPSA) is 107 Å². The Morgan fingerprint density at radius 1 is 1.19 bits per heavy atom. The quantitative estimate of drug-likeness (QED) is 0.404. The van der Waals surface area contributed by atoms with Gasteiger partial charge in [-0.15, -0.1) is 0 Å². The Balaban J connectivity index is 2.57. The predicted molar refractivity (Wildman–Crippen MR) is 96.1 cm³/mol. The van der Waals surface area contributed by atoms with Crippen molar-refractivity contribution in [2.24, 2.45) is 0 Å². The Labute approximate surface area is 159 Å². The van der Waals surface area contributed by atoms with Crippen LogP contribution in [0.4, 0.5) is 11.4 Å². The Morgan fingerprint density at radius 3 is 2.35 bits per heavy atom. The Kier molecular flexibility index (Phi) is 6.06. The van der Waals surface area contributed by atoms with E-state index in [4.69, 9.17) is 23.2 Å². The maximum absolute atomic E-state index is 13.0. The Hall–Kier alpha value is -2.36. The van der Waals surface area contributed by atoms with E-state index < -0.39 is 27.5 Å². The number of rotatable bonds is 6. The molecule has 0 aliphatic heterocycles. The molecule has 0 atom stereocenters. The average molecular weight is 419 g/mol. The van der Waals surface area contributed by atoms with Gasteiger partial charge in [-0.25, -0.2) is 8.42 Å². The number of anilines is 1. The summed E-state index contributed by atoms with van der Waals surface area (Å²) in [5.41, 5.74) is -0.299. The minimum Gasteiger partial charge on any atom is -0.468 e. The van der Waals surface area contributed by atoms with E-state index in [2.05, 4.69) is 4.74 Å². The van der Waals surface area contributed by atoms with Gasteiger partial charge in [0.25, 0.3) is 15.7 Å². The second-order valence-electron chi connectivity index (χ2n) is 4.91. The van der Waals surface area contributed by atoms with Crippen LogP contribution in [0.15, 0.2) is 47.4 Å². The first-order chi connectivity index (χ1) is 12.2. The van der Waals surface area contributed by atoms with Crippen molar-refractivity contribution in [2.45, 2.75) is 4.90 Å². The lowest BCUT2D eigenvalue weighted by Crippen LogP contribution is -2.36. The zero-order valence-corrected chi connectivity index (χ0v) is 15.6. The highest BCUT2D eigenvalue weighted by Crippen LogP contribution is 2.35. The van der Waals surface area contributed by atoms with E-state index >= 15 is 0 Å². The molecule has 2 rings (SSSR count). The number of non-ortho nitro benzene ring substituents is 1. The number of carbonyl (C=O) groups is 1. The average Bonchev–Trinajstić information content (AvgIpc) is 2.62. The predicted octanol–water partition coefficient (Wildman–Crippen LogP) is 3.27. The SMILES string of the molecule is COC(=O)CN(c1cccc(Cl)c1Cl)S(=O)(=O)c1ccc([N+](=O)[O-])cc1. The summed E-state index contributed by atoms with van der Waals surface area (Å²) in [5.74, 6) is -0.827. The number of ether oxygens (including phenoxy) is 1. The number of carbonyl (C=O) groups excluding carboxylic acids is 1. The minimum absolute atomic E-state index is 0.0251. The van der Waals surface area contributed by atoms with Gasteiger partial charge in [0.15, 0.2) is 0 Å². The van der Waals surface area contributed by atoms with Crippen LogP contribution in [0.2, 0.25) is 10.0 Å². The van der Waals surface area contributed by atoms with Crippen molar-refractivity contribution in [2.75, 3.05) is 18.0 Å². The molecule has 0 aliphatic rings. The number of halogens is 2. The van der Waals surface area contributed by atoms with Gasteiger partial charge in [0.05, 0.1) is 32.7 Å². The Bertz CT molecular complexity index is 947. The first-order valence-corrected chi connectivity index (χ1v) is 9.16. The summed E-state index contributed by atoms with van der Waals surface area (Å²) in [5, 5.41) is 10.8. The van der Waals surface area contributed by atoms with Crippen molar-refractivity contribution in [3.63, 3.8) is 0 Å². The van der Waals surface area contributed by atoms with E-state index in [0.29, 0.717) is 0 Å². The molecule has 0 N–H and O–H groups in total.